The van der Waals surface area contributed by atoms with E-state index < -0.39 is 0 Å². The Morgan fingerprint density at radius 1 is 1.21 bits per heavy atom. The van der Waals surface area contributed by atoms with Crippen LogP contribution in [0, 0.1) is 5.41 Å². The highest BCUT2D eigenvalue weighted by molar-refractivity contribution is 5.81. The molecule has 4 rings (SSSR count). The summed E-state index contributed by atoms with van der Waals surface area (Å²) in [7, 11) is 2.14. The number of aromatic nitrogens is 1. The minimum atomic E-state index is -0.153. The molecule has 2 fully saturated rings. The van der Waals surface area contributed by atoms with Gasteiger partial charge in [0.25, 0.3) is 0 Å². The molecular weight excluding hydrogens is 298 g/mol. The van der Waals surface area contributed by atoms with Crippen LogP contribution in [0.3, 0.4) is 0 Å². The summed E-state index contributed by atoms with van der Waals surface area (Å²) in [6.45, 7) is 5.20. The van der Waals surface area contributed by atoms with Gasteiger partial charge in [-0.15, -0.1) is 0 Å². The van der Waals surface area contributed by atoms with E-state index in [9.17, 15) is 5.11 Å². The molecule has 0 aliphatic carbocycles. The van der Waals surface area contributed by atoms with E-state index in [4.69, 9.17) is 0 Å². The number of hydrogen-bond donors (Lipinski definition) is 1. The average Bonchev–Trinajstić information content (AvgIpc) is 2.56. The maximum atomic E-state index is 10.2. The van der Waals surface area contributed by atoms with E-state index in [2.05, 4.69) is 46.1 Å². The van der Waals surface area contributed by atoms with Crippen molar-refractivity contribution in [1.82, 2.24) is 14.8 Å². The van der Waals surface area contributed by atoms with Crippen molar-refractivity contribution >= 4 is 10.9 Å². The number of benzene rings is 1. The molecule has 1 unspecified atom stereocenters. The van der Waals surface area contributed by atoms with Crippen LogP contribution in [0.25, 0.3) is 10.9 Å². The van der Waals surface area contributed by atoms with Crippen molar-refractivity contribution in [3.05, 3.63) is 42.1 Å². The Hall–Kier alpha value is -1.49. The van der Waals surface area contributed by atoms with Gasteiger partial charge in [-0.05, 0) is 62.5 Å². The third kappa shape index (κ3) is 3.18. The molecule has 1 spiro atoms. The van der Waals surface area contributed by atoms with Crippen molar-refractivity contribution in [2.75, 3.05) is 33.2 Å². The molecule has 1 N–H and O–H groups in total. The first kappa shape index (κ1) is 16.0. The zero-order chi connectivity index (χ0) is 16.6. The van der Waals surface area contributed by atoms with Gasteiger partial charge in [0.2, 0.25) is 0 Å². The van der Waals surface area contributed by atoms with Crippen LogP contribution in [-0.2, 0) is 6.54 Å². The van der Waals surface area contributed by atoms with E-state index in [1.165, 1.54) is 23.8 Å². The molecule has 0 bridgehead atoms. The largest absolute Gasteiger partial charge is 0.392 e. The van der Waals surface area contributed by atoms with Crippen LogP contribution in [-0.4, -0.2) is 59.2 Å². The van der Waals surface area contributed by atoms with Crippen molar-refractivity contribution in [2.45, 2.75) is 31.9 Å². The van der Waals surface area contributed by atoms with Crippen LogP contribution in [0.2, 0.25) is 0 Å². The third-order valence-corrected chi connectivity index (χ3v) is 5.84. The van der Waals surface area contributed by atoms with Crippen LogP contribution >= 0.6 is 0 Å². The number of fused-ring (bicyclic) bond motifs is 1. The van der Waals surface area contributed by atoms with E-state index in [0.717, 1.165) is 44.7 Å². The number of aliphatic hydroxyl groups is 1. The molecule has 3 heterocycles. The maximum absolute atomic E-state index is 10.2. The average molecular weight is 325 g/mol. The predicted molar refractivity (Wildman–Crippen MR) is 96.8 cm³/mol. The number of likely N-dealkylation sites (tertiary alicyclic amines) is 2. The molecule has 2 aliphatic heterocycles. The number of β-amino-alcohol motifs (C(OH)–C–C–N with tert-alkyl or cyclic N) is 1. The minimum Gasteiger partial charge on any atom is -0.392 e. The molecule has 0 radical (unpaired) electrons. The van der Waals surface area contributed by atoms with E-state index in [-0.39, 0.29) is 6.10 Å². The fourth-order valence-corrected chi connectivity index (χ4v) is 4.72. The van der Waals surface area contributed by atoms with Gasteiger partial charge < -0.3 is 10.0 Å². The van der Waals surface area contributed by atoms with Crippen molar-refractivity contribution in [3.63, 3.8) is 0 Å². The summed E-state index contributed by atoms with van der Waals surface area (Å²) in [4.78, 5) is 9.34. The number of aliphatic hydroxyl groups excluding tert-OH is 1. The Morgan fingerprint density at radius 3 is 2.83 bits per heavy atom. The van der Waals surface area contributed by atoms with Gasteiger partial charge in [0, 0.05) is 31.2 Å². The zero-order valence-electron chi connectivity index (χ0n) is 14.5. The van der Waals surface area contributed by atoms with Gasteiger partial charge in [-0.3, -0.25) is 9.88 Å². The number of nitrogens with zero attached hydrogens (tertiary/aromatic N) is 3. The Balaban J connectivity index is 1.45. The van der Waals surface area contributed by atoms with Gasteiger partial charge in [0.1, 0.15) is 0 Å². The highest BCUT2D eigenvalue weighted by atomic mass is 16.3. The van der Waals surface area contributed by atoms with Crippen LogP contribution in [0.4, 0.5) is 0 Å². The Labute approximate surface area is 144 Å². The summed E-state index contributed by atoms with van der Waals surface area (Å²) in [5.41, 5.74) is 2.78. The van der Waals surface area contributed by atoms with Gasteiger partial charge in [-0.2, -0.15) is 0 Å². The molecule has 2 aromatic rings. The van der Waals surface area contributed by atoms with Crippen LogP contribution < -0.4 is 0 Å². The molecule has 4 heteroatoms. The van der Waals surface area contributed by atoms with Gasteiger partial charge in [-0.1, -0.05) is 18.2 Å². The normalized spacial score (nSPS) is 25.3. The molecule has 4 nitrogen and oxygen atoms in total. The van der Waals surface area contributed by atoms with E-state index in [0.29, 0.717) is 5.41 Å². The Bertz CT molecular complexity index is 692. The maximum Gasteiger partial charge on any atom is 0.0705 e. The molecule has 1 atom stereocenters. The summed E-state index contributed by atoms with van der Waals surface area (Å²) in [6.07, 6.45) is 5.07. The number of rotatable bonds is 2. The summed E-state index contributed by atoms with van der Waals surface area (Å²) >= 11 is 0. The highest BCUT2D eigenvalue weighted by Gasteiger charge is 2.40. The third-order valence-electron chi connectivity index (χ3n) is 5.84. The number of likely N-dealkylation sites (N-methyl/N-ethyl adjacent to an activating group) is 1. The molecule has 128 valence electrons. The lowest BCUT2D eigenvalue weighted by Gasteiger charge is -2.48. The van der Waals surface area contributed by atoms with Crippen LogP contribution in [0.5, 0.6) is 0 Å². The molecule has 2 saturated heterocycles. The first-order valence-electron chi connectivity index (χ1n) is 9.05. The second kappa shape index (κ2) is 6.43. The molecule has 1 aromatic carbocycles. The topological polar surface area (TPSA) is 39.6 Å². The van der Waals surface area contributed by atoms with Crippen molar-refractivity contribution in [1.29, 1.82) is 0 Å². The Morgan fingerprint density at radius 2 is 2.04 bits per heavy atom. The second-order valence-electron chi connectivity index (χ2n) is 7.82. The highest BCUT2D eigenvalue weighted by Crippen LogP contribution is 2.40. The quantitative estimate of drug-likeness (QED) is 0.921. The van der Waals surface area contributed by atoms with Crippen molar-refractivity contribution in [3.8, 4) is 0 Å². The smallest absolute Gasteiger partial charge is 0.0705 e. The van der Waals surface area contributed by atoms with E-state index >= 15 is 0 Å². The standard InChI is InChI=1S/C20H27N3O/c1-22-14-17(24)12-20(15-22)7-10-23(11-8-20)13-16-4-2-6-19-18(16)5-3-9-21-19/h2-6,9,17,24H,7-8,10-15H2,1H3. The summed E-state index contributed by atoms with van der Waals surface area (Å²) in [5, 5.41) is 11.4. The zero-order valence-corrected chi connectivity index (χ0v) is 14.5. The number of piperidine rings is 2. The monoisotopic (exact) mass is 325 g/mol. The van der Waals surface area contributed by atoms with Gasteiger partial charge in [-0.25, -0.2) is 0 Å². The van der Waals surface area contributed by atoms with Gasteiger partial charge in [0.15, 0.2) is 0 Å². The fraction of sp³-hybridized carbons (Fsp3) is 0.550. The lowest BCUT2D eigenvalue weighted by atomic mass is 9.71. The molecular formula is C20H27N3O. The fourth-order valence-electron chi connectivity index (χ4n) is 4.72. The molecule has 24 heavy (non-hydrogen) atoms. The summed E-state index contributed by atoms with van der Waals surface area (Å²) in [5.74, 6) is 0. The molecule has 0 amide bonds. The number of pyridine rings is 1. The minimum absolute atomic E-state index is 0.153. The predicted octanol–water partition coefficient (Wildman–Crippen LogP) is 2.51. The van der Waals surface area contributed by atoms with Crippen molar-refractivity contribution in [2.24, 2.45) is 5.41 Å². The summed E-state index contributed by atoms with van der Waals surface area (Å²) in [6, 6.07) is 10.6. The second-order valence-corrected chi connectivity index (χ2v) is 7.82. The first-order chi connectivity index (χ1) is 11.6. The van der Waals surface area contributed by atoms with Gasteiger partial charge in [0.05, 0.1) is 11.6 Å². The lowest BCUT2D eigenvalue weighted by molar-refractivity contribution is -0.0330. The van der Waals surface area contributed by atoms with Crippen molar-refractivity contribution < 1.29 is 5.11 Å². The molecule has 1 aromatic heterocycles. The van der Waals surface area contributed by atoms with Crippen LogP contribution in [0.1, 0.15) is 24.8 Å². The van der Waals surface area contributed by atoms with Gasteiger partial charge >= 0.3 is 0 Å². The van der Waals surface area contributed by atoms with Crippen LogP contribution in [0.15, 0.2) is 36.5 Å². The first-order valence-corrected chi connectivity index (χ1v) is 9.05. The molecule has 0 saturated carbocycles. The van der Waals surface area contributed by atoms with E-state index in [1.807, 2.05) is 12.3 Å². The molecule has 2 aliphatic rings. The summed E-state index contributed by atoms with van der Waals surface area (Å²) < 4.78 is 0. The lowest BCUT2D eigenvalue weighted by Crippen LogP contribution is -2.52. The van der Waals surface area contributed by atoms with E-state index in [1.54, 1.807) is 0 Å². The Kier molecular flexibility index (Phi) is 4.29. The number of hydrogen-bond acceptors (Lipinski definition) is 4. The SMILES string of the molecule is CN1CC(O)CC2(CCN(Cc3cccc4ncccc34)CC2)C1.